The van der Waals surface area contributed by atoms with E-state index in [2.05, 4.69) is 10.2 Å². The van der Waals surface area contributed by atoms with Crippen LogP contribution < -0.4 is 5.32 Å². The fourth-order valence-electron chi connectivity index (χ4n) is 2.44. The number of carbonyl (C=O) groups excluding carboxylic acids is 1. The maximum Gasteiger partial charge on any atom is 0.237 e. The van der Waals surface area contributed by atoms with Gasteiger partial charge in [-0.25, -0.2) is 0 Å². The molecule has 0 aliphatic carbocycles. The molecule has 2 N–H and O–H groups in total. The Bertz CT molecular complexity index is 242. The highest BCUT2D eigenvalue weighted by Gasteiger charge is 2.27. The van der Waals surface area contributed by atoms with E-state index in [1.807, 2.05) is 20.8 Å². The lowest BCUT2D eigenvalue weighted by molar-refractivity contribution is -0.127. The molecule has 0 aromatic rings. The van der Waals surface area contributed by atoms with Crippen molar-refractivity contribution in [1.82, 2.24) is 10.2 Å². The molecule has 4 nitrogen and oxygen atoms in total. The fraction of sp³-hybridized carbons (Fsp3) is 0.923. The third-order valence-corrected chi connectivity index (χ3v) is 3.45. The first-order valence-electron chi connectivity index (χ1n) is 6.70. The maximum absolute atomic E-state index is 11.9. The van der Waals surface area contributed by atoms with E-state index in [0.29, 0.717) is 5.92 Å². The molecule has 17 heavy (non-hydrogen) atoms. The fourth-order valence-corrected chi connectivity index (χ4v) is 2.44. The Balaban J connectivity index is 2.45. The molecule has 0 aromatic carbocycles. The summed E-state index contributed by atoms with van der Waals surface area (Å²) in [5.41, 5.74) is 0. The van der Waals surface area contributed by atoms with E-state index in [1.54, 1.807) is 0 Å². The molecule has 0 bridgehead atoms. The summed E-state index contributed by atoms with van der Waals surface area (Å²) in [4.78, 5) is 14.2. The van der Waals surface area contributed by atoms with Crippen LogP contribution in [0.25, 0.3) is 0 Å². The number of rotatable bonds is 5. The number of likely N-dealkylation sites (tertiary alicyclic amines) is 1. The Hall–Kier alpha value is -0.610. The minimum atomic E-state index is -0.0566. The average molecular weight is 242 g/mol. The van der Waals surface area contributed by atoms with Gasteiger partial charge in [0.05, 0.1) is 6.04 Å². The molecule has 0 saturated carbocycles. The van der Waals surface area contributed by atoms with Gasteiger partial charge in [0.2, 0.25) is 5.91 Å². The highest BCUT2D eigenvalue weighted by molar-refractivity contribution is 5.81. The lowest BCUT2D eigenvalue weighted by atomic mass is 9.94. The van der Waals surface area contributed by atoms with Crippen molar-refractivity contribution in [3.63, 3.8) is 0 Å². The minimum absolute atomic E-state index is 0.0566. The zero-order chi connectivity index (χ0) is 12.8. The first-order valence-corrected chi connectivity index (χ1v) is 6.70. The van der Waals surface area contributed by atoms with Crippen LogP contribution in [0.2, 0.25) is 0 Å². The van der Waals surface area contributed by atoms with Crippen molar-refractivity contribution < 1.29 is 9.90 Å². The Morgan fingerprint density at radius 2 is 2.18 bits per heavy atom. The second kappa shape index (κ2) is 6.97. The smallest absolute Gasteiger partial charge is 0.237 e. The molecule has 2 atom stereocenters. The normalized spacial score (nSPS) is 23.7. The number of hydrogen-bond acceptors (Lipinski definition) is 3. The van der Waals surface area contributed by atoms with Crippen molar-refractivity contribution in [3.05, 3.63) is 0 Å². The lowest BCUT2D eigenvalue weighted by Crippen LogP contribution is -2.50. The van der Waals surface area contributed by atoms with Crippen molar-refractivity contribution in [3.8, 4) is 0 Å². The number of aliphatic hydroxyl groups excluding tert-OH is 1. The van der Waals surface area contributed by atoms with Crippen LogP contribution in [-0.2, 0) is 4.79 Å². The topological polar surface area (TPSA) is 52.6 Å². The van der Waals surface area contributed by atoms with E-state index in [-0.39, 0.29) is 24.6 Å². The Morgan fingerprint density at radius 3 is 2.76 bits per heavy atom. The third kappa shape index (κ3) is 4.64. The number of nitrogens with one attached hydrogen (secondary N) is 1. The maximum atomic E-state index is 11.9. The highest BCUT2D eigenvalue weighted by Crippen LogP contribution is 2.20. The van der Waals surface area contributed by atoms with Gasteiger partial charge in [-0.3, -0.25) is 9.69 Å². The summed E-state index contributed by atoms with van der Waals surface area (Å²) >= 11 is 0. The van der Waals surface area contributed by atoms with Crippen LogP contribution >= 0.6 is 0 Å². The predicted molar refractivity (Wildman–Crippen MR) is 68.7 cm³/mol. The predicted octanol–water partition coefficient (Wildman–Crippen LogP) is 0.994. The average Bonchev–Trinajstić information content (AvgIpc) is 2.28. The quantitative estimate of drug-likeness (QED) is 0.756. The number of aliphatic hydroxyl groups is 1. The molecule has 1 fully saturated rings. The van der Waals surface area contributed by atoms with Gasteiger partial charge < -0.3 is 10.4 Å². The Morgan fingerprint density at radius 1 is 1.47 bits per heavy atom. The zero-order valence-corrected chi connectivity index (χ0v) is 11.3. The van der Waals surface area contributed by atoms with E-state index in [4.69, 9.17) is 5.11 Å². The van der Waals surface area contributed by atoms with Gasteiger partial charge >= 0.3 is 0 Å². The molecule has 1 aliphatic rings. The molecule has 0 aromatic heterocycles. The van der Waals surface area contributed by atoms with Crippen LogP contribution in [0.4, 0.5) is 0 Å². The van der Waals surface area contributed by atoms with Gasteiger partial charge in [0.1, 0.15) is 0 Å². The summed E-state index contributed by atoms with van der Waals surface area (Å²) in [6.07, 6.45) is 3.16. The van der Waals surface area contributed by atoms with Crippen LogP contribution in [0.15, 0.2) is 0 Å². The van der Waals surface area contributed by atoms with Crippen LogP contribution in [0.1, 0.15) is 40.0 Å². The van der Waals surface area contributed by atoms with Crippen LogP contribution in [0, 0.1) is 5.92 Å². The summed E-state index contributed by atoms with van der Waals surface area (Å²) in [6.45, 7) is 8.12. The van der Waals surface area contributed by atoms with E-state index in [1.165, 1.54) is 6.42 Å². The SMILES string of the molecule is CC(C)NC(=O)C(C)N1CCCC(CCO)C1. The molecule has 4 heteroatoms. The standard InChI is InChI=1S/C13H26N2O2/c1-10(2)14-13(17)11(3)15-7-4-5-12(9-15)6-8-16/h10-12,16H,4-9H2,1-3H3,(H,14,17). The summed E-state index contributed by atoms with van der Waals surface area (Å²) in [5, 5.41) is 11.9. The van der Waals surface area contributed by atoms with Gasteiger partial charge in [0.15, 0.2) is 0 Å². The molecular weight excluding hydrogens is 216 g/mol. The zero-order valence-electron chi connectivity index (χ0n) is 11.3. The van der Waals surface area contributed by atoms with Gasteiger partial charge in [-0.2, -0.15) is 0 Å². The molecule has 1 amide bonds. The van der Waals surface area contributed by atoms with Crippen molar-refractivity contribution >= 4 is 5.91 Å². The van der Waals surface area contributed by atoms with Gasteiger partial charge in [0.25, 0.3) is 0 Å². The first kappa shape index (κ1) is 14.5. The van der Waals surface area contributed by atoms with Crippen molar-refractivity contribution in [1.29, 1.82) is 0 Å². The summed E-state index contributed by atoms with van der Waals surface area (Å²) < 4.78 is 0. The van der Waals surface area contributed by atoms with Gasteiger partial charge in [0, 0.05) is 19.2 Å². The number of amides is 1. The molecule has 1 saturated heterocycles. The molecule has 1 rings (SSSR count). The molecular formula is C13H26N2O2. The number of piperidine rings is 1. The van der Waals surface area contributed by atoms with Crippen LogP contribution in [0.3, 0.4) is 0 Å². The molecule has 0 radical (unpaired) electrons. The largest absolute Gasteiger partial charge is 0.396 e. The number of nitrogens with zero attached hydrogens (tertiary/aromatic N) is 1. The van der Waals surface area contributed by atoms with Crippen LogP contribution in [-0.4, -0.2) is 47.7 Å². The van der Waals surface area contributed by atoms with Gasteiger partial charge in [-0.15, -0.1) is 0 Å². The summed E-state index contributed by atoms with van der Waals surface area (Å²) in [7, 11) is 0. The molecule has 1 heterocycles. The molecule has 100 valence electrons. The second-order valence-electron chi connectivity index (χ2n) is 5.35. The molecule has 1 aliphatic heterocycles. The van der Waals surface area contributed by atoms with E-state index in [9.17, 15) is 4.79 Å². The summed E-state index contributed by atoms with van der Waals surface area (Å²) in [6, 6.07) is 0.141. The Kier molecular flexibility index (Phi) is 5.92. The van der Waals surface area contributed by atoms with Gasteiger partial charge in [-0.1, -0.05) is 0 Å². The van der Waals surface area contributed by atoms with Crippen molar-refractivity contribution in [2.75, 3.05) is 19.7 Å². The van der Waals surface area contributed by atoms with Crippen molar-refractivity contribution in [2.24, 2.45) is 5.92 Å². The number of carbonyl (C=O) groups is 1. The van der Waals surface area contributed by atoms with E-state index >= 15 is 0 Å². The lowest BCUT2D eigenvalue weighted by Gasteiger charge is -2.36. The van der Waals surface area contributed by atoms with E-state index < -0.39 is 0 Å². The van der Waals surface area contributed by atoms with Crippen molar-refractivity contribution in [2.45, 2.75) is 52.1 Å². The minimum Gasteiger partial charge on any atom is -0.396 e. The van der Waals surface area contributed by atoms with Gasteiger partial charge in [-0.05, 0) is 52.5 Å². The third-order valence-electron chi connectivity index (χ3n) is 3.45. The van der Waals surface area contributed by atoms with Crippen LogP contribution in [0.5, 0.6) is 0 Å². The molecule has 0 spiro atoms. The molecule has 2 unspecified atom stereocenters. The first-order chi connectivity index (χ1) is 8.04. The Labute approximate surface area is 104 Å². The highest BCUT2D eigenvalue weighted by atomic mass is 16.3. The monoisotopic (exact) mass is 242 g/mol. The number of hydrogen-bond donors (Lipinski definition) is 2. The summed E-state index contributed by atoms with van der Waals surface area (Å²) in [5.74, 6) is 0.660. The second-order valence-corrected chi connectivity index (χ2v) is 5.35. The van der Waals surface area contributed by atoms with E-state index in [0.717, 1.165) is 25.9 Å².